The van der Waals surface area contributed by atoms with Crippen LogP contribution in [-0.2, 0) is 0 Å². The Morgan fingerprint density at radius 2 is 1.78 bits per heavy atom. The van der Waals surface area contributed by atoms with Crippen molar-refractivity contribution < 1.29 is 0 Å². The van der Waals surface area contributed by atoms with Crippen LogP contribution in [0.5, 0.6) is 0 Å². The Bertz CT molecular complexity index is 65.2. The molecule has 0 saturated carbocycles. The smallest absolute Gasteiger partial charge is 0.0523 e. The molecule has 0 N–H and O–H groups in total. The lowest BCUT2D eigenvalue weighted by atomic mass is 10.2. The Labute approximate surface area is 74.0 Å². The van der Waals surface area contributed by atoms with E-state index in [-0.39, 0.29) is 4.08 Å². The van der Waals surface area contributed by atoms with Crippen LogP contribution in [0, 0.1) is 0 Å². The van der Waals surface area contributed by atoms with Crippen molar-refractivity contribution in [3.05, 3.63) is 0 Å². The molecule has 0 aromatic carbocycles. The molecular formula is C6H14S3. The largest absolute Gasteiger partial charge is 0.179 e. The first kappa shape index (κ1) is 10.0. The summed E-state index contributed by atoms with van der Waals surface area (Å²) in [4.78, 5) is 0. The first-order chi connectivity index (χ1) is 4.06. The Balaban J connectivity index is 3.07. The first-order valence-corrected chi connectivity index (χ1v) is 4.64. The van der Waals surface area contributed by atoms with Gasteiger partial charge in [-0.15, -0.1) is 0 Å². The van der Waals surface area contributed by atoms with Gasteiger partial charge in [-0.2, -0.15) is 37.9 Å². The third-order valence-corrected chi connectivity index (χ3v) is 1.82. The lowest BCUT2D eigenvalue weighted by Gasteiger charge is -2.14. The molecule has 0 rings (SSSR count). The van der Waals surface area contributed by atoms with Crippen LogP contribution < -0.4 is 0 Å². The predicted molar refractivity (Wildman–Crippen MR) is 54.1 cm³/mol. The van der Waals surface area contributed by atoms with Crippen molar-refractivity contribution in [2.24, 2.45) is 0 Å². The van der Waals surface area contributed by atoms with Gasteiger partial charge in [0.1, 0.15) is 0 Å². The fourth-order valence-electron chi connectivity index (χ4n) is 0.572. The molecule has 0 nitrogen and oxygen atoms in total. The van der Waals surface area contributed by atoms with Gasteiger partial charge in [-0.3, -0.25) is 0 Å². The number of hydrogen-bond acceptors (Lipinski definition) is 3. The predicted octanol–water partition coefficient (Wildman–Crippen LogP) is 2.66. The van der Waals surface area contributed by atoms with E-state index >= 15 is 0 Å². The van der Waals surface area contributed by atoms with Crippen LogP contribution in [0.1, 0.15) is 26.2 Å². The molecule has 0 aromatic rings. The van der Waals surface area contributed by atoms with Crippen molar-refractivity contribution in [3.8, 4) is 0 Å². The number of rotatable bonds is 4. The second-order valence-corrected chi connectivity index (χ2v) is 5.17. The van der Waals surface area contributed by atoms with Gasteiger partial charge in [0.25, 0.3) is 0 Å². The second kappa shape index (κ2) is 4.80. The summed E-state index contributed by atoms with van der Waals surface area (Å²) in [6, 6.07) is 0. The van der Waals surface area contributed by atoms with E-state index in [1.807, 2.05) is 6.92 Å². The summed E-state index contributed by atoms with van der Waals surface area (Å²) in [6.45, 7) is 2.01. The molecule has 9 heavy (non-hydrogen) atoms. The highest BCUT2D eigenvalue weighted by Crippen LogP contribution is 2.24. The molecule has 0 aliphatic heterocycles. The highest BCUT2D eigenvalue weighted by molar-refractivity contribution is 8.00. The molecular weight excluding hydrogens is 168 g/mol. The summed E-state index contributed by atoms with van der Waals surface area (Å²) in [7, 11) is 0. The molecule has 0 heterocycles. The highest BCUT2D eigenvalue weighted by Gasteiger charge is 2.10. The summed E-state index contributed by atoms with van der Waals surface area (Å²) in [6.07, 6.45) is 3.40. The maximum atomic E-state index is 4.27. The van der Waals surface area contributed by atoms with Crippen LogP contribution in [0.25, 0.3) is 0 Å². The Morgan fingerprint density at radius 1 is 1.22 bits per heavy atom. The minimum atomic E-state index is -0.0943. The number of thiol groups is 3. The molecule has 0 spiro atoms. The van der Waals surface area contributed by atoms with E-state index in [1.165, 1.54) is 12.8 Å². The van der Waals surface area contributed by atoms with Gasteiger partial charge in [0.2, 0.25) is 0 Å². The van der Waals surface area contributed by atoms with Crippen molar-refractivity contribution in [2.45, 2.75) is 30.3 Å². The third kappa shape index (κ3) is 9.05. The molecule has 0 bridgehead atoms. The maximum absolute atomic E-state index is 4.27. The van der Waals surface area contributed by atoms with Crippen molar-refractivity contribution in [1.82, 2.24) is 0 Å². The molecule has 3 heteroatoms. The van der Waals surface area contributed by atoms with Crippen LogP contribution in [0.2, 0.25) is 0 Å². The maximum Gasteiger partial charge on any atom is 0.0523 e. The quantitative estimate of drug-likeness (QED) is 0.332. The zero-order valence-electron chi connectivity index (χ0n) is 5.67. The highest BCUT2D eigenvalue weighted by atomic mass is 32.2. The van der Waals surface area contributed by atoms with E-state index in [9.17, 15) is 0 Å². The third-order valence-electron chi connectivity index (χ3n) is 1.06. The standard InChI is InChI=1S/C6H14S3/c1-6(8,9)4-2-3-5-7/h7-9H,2-5H2,1H3. The molecule has 0 fully saturated rings. The van der Waals surface area contributed by atoms with Gasteiger partial charge in [-0.1, -0.05) is 6.42 Å². The van der Waals surface area contributed by atoms with Crippen LogP contribution >= 0.6 is 37.9 Å². The zero-order valence-corrected chi connectivity index (χ0v) is 8.35. The van der Waals surface area contributed by atoms with E-state index in [0.717, 1.165) is 12.2 Å². The van der Waals surface area contributed by atoms with Gasteiger partial charge in [-0.05, 0) is 25.5 Å². The van der Waals surface area contributed by atoms with Crippen LogP contribution in [0.3, 0.4) is 0 Å². The SMILES string of the molecule is CC(S)(S)CCCCS. The molecule has 0 aromatic heterocycles. The van der Waals surface area contributed by atoms with Gasteiger partial charge < -0.3 is 0 Å². The summed E-state index contributed by atoms with van der Waals surface area (Å²) < 4.78 is -0.0943. The van der Waals surface area contributed by atoms with Crippen LogP contribution in [0.15, 0.2) is 0 Å². The van der Waals surface area contributed by atoms with Crippen LogP contribution in [-0.4, -0.2) is 9.83 Å². The lowest BCUT2D eigenvalue weighted by molar-refractivity contribution is 0.696. The molecule has 0 atom stereocenters. The van der Waals surface area contributed by atoms with E-state index < -0.39 is 0 Å². The van der Waals surface area contributed by atoms with Crippen molar-refractivity contribution in [1.29, 1.82) is 0 Å². The van der Waals surface area contributed by atoms with Gasteiger partial charge >= 0.3 is 0 Å². The van der Waals surface area contributed by atoms with Gasteiger partial charge in [0.15, 0.2) is 0 Å². The summed E-state index contributed by atoms with van der Waals surface area (Å²) in [5.41, 5.74) is 0. The molecule has 0 radical (unpaired) electrons. The Hall–Kier alpha value is 1.05. The Morgan fingerprint density at radius 3 is 2.11 bits per heavy atom. The van der Waals surface area contributed by atoms with Gasteiger partial charge in [0.05, 0.1) is 4.08 Å². The van der Waals surface area contributed by atoms with Crippen LogP contribution in [0.4, 0.5) is 0 Å². The summed E-state index contributed by atoms with van der Waals surface area (Å²) >= 11 is 12.6. The number of unbranched alkanes of at least 4 members (excludes halogenated alkanes) is 1. The fraction of sp³-hybridized carbons (Fsp3) is 1.00. The zero-order chi connectivity index (χ0) is 7.33. The molecule has 0 unspecified atom stereocenters. The van der Waals surface area contributed by atoms with E-state index in [4.69, 9.17) is 0 Å². The molecule has 0 amide bonds. The molecule has 0 aliphatic rings. The fourth-order valence-corrected chi connectivity index (χ4v) is 1.11. The average Bonchev–Trinajstić information content (AvgIpc) is 1.63. The first-order valence-electron chi connectivity index (χ1n) is 3.12. The van der Waals surface area contributed by atoms with Crippen molar-refractivity contribution in [2.75, 3.05) is 5.75 Å². The van der Waals surface area contributed by atoms with Crippen molar-refractivity contribution in [3.63, 3.8) is 0 Å². The normalized spacial score (nSPS) is 12.0. The minimum Gasteiger partial charge on any atom is -0.179 e. The van der Waals surface area contributed by atoms with Gasteiger partial charge in [0, 0.05) is 0 Å². The second-order valence-electron chi connectivity index (χ2n) is 2.40. The lowest BCUT2D eigenvalue weighted by Crippen LogP contribution is -2.05. The monoisotopic (exact) mass is 182 g/mol. The average molecular weight is 182 g/mol. The van der Waals surface area contributed by atoms with E-state index in [1.54, 1.807) is 0 Å². The molecule has 0 saturated heterocycles. The molecule has 56 valence electrons. The summed E-state index contributed by atoms with van der Waals surface area (Å²) in [5, 5.41) is 0. The van der Waals surface area contributed by atoms with E-state index in [2.05, 4.69) is 37.9 Å². The Kier molecular flexibility index (Phi) is 5.36. The topological polar surface area (TPSA) is 0 Å². The van der Waals surface area contributed by atoms with E-state index in [0.29, 0.717) is 0 Å². The molecule has 0 aliphatic carbocycles. The van der Waals surface area contributed by atoms with Crippen molar-refractivity contribution >= 4 is 37.9 Å². The minimum absolute atomic E-state index is 0.0943. The van der Waals surface area contributed by atoms with Gasteiger partial charge in [-0.25, -0.2) is 0 Å². The summed E-state index contributed by atoms with van der Waals surface area (Å²) in [5.74, 6) is 0.970. The number of hydrogen-bond donors (Lipinski definition) is 3.